The summed E-state index contributed by atoms with van der Waals surface area (Å²) in [5.74, 6) is 1.44. The summed E-state index contributed by atoms with van der Waals surface area (Å²) in [6, 6.07) is 13.1. The molecule has 31 heavy (non-hydrogen) atoms. The highest BCUT2D eigenvalue weighted by Crippen LogP contribution is 2.42. The van der Waals surface area contributed by atoms with Gasteiger partial charge in [-0.1, -0.05) is 30.3 Å². The topological polar surface area (TPSA) is 82.1 Å². The molecule has 1 aliphatic rings. The molecule has 0 N–H and O–H groups in total. The minimum atomic E-state index is -3.20. The third-order valence-electron chi connectivity index (χ3n) is 5.83. The number of carbonyl (C=O) groups is 1. The van der Waals surface area contributed by atoms with E-state index in [-0.39, 0.29) is 18.1 Å². The Hall–Kier alpha value is -2.74. The lowest BCUT2D eigenvalue weighted by Gasteiger charge is -2.28. The number of methoxy groups -OCH3 is 3. The number of sulfone groups is 1. The molecule has 0 bridgehead atoms. The van der Waals surface area contributed by atoms with Crippen molar-refractivity contribution in [3.63, 3.8) is 0 Å². The third kappa shape index (κ3) is 4.79. The molecule has 0 spiro atoms. The van der Waals surface area contributed by atoms with Gasteiger partial charge >= 0.3 is 0 Å². The lowest BCUT2D eigenvalue weighted by atomic mass is 9.76. The summed E-state index contributed by atoms with van der Waals surface area (Å²) >= 11 is 0. The van der Waals surface area contributed by atoms with Crippen molar-refractivity contribution in [2.24, 2.45) is 0 Å². The van der Waals surface area contributed by atoms with Crippen LogP contribution in [0, 0.1) is 0 Å². The van der Waals surface area contributed by atoms with Crippen LogP contribution in [0.2, 0.25) is 0 Å². The van der Waals surface area contributed by atoms with E-state index in [2.05, 4.69) is 0 Å². The first-order valence-corrected chi connectivity index (χ1v) is 12.1. The van der Waals surface area contributed by atoms with E-state index in [0.717, 1.165) is 11.1 Å². The zero-order valence-corrected chi connectivity index (χ0v) is 19.2. The maximum atomic E-state index is 13.6. The molecular weight excluding hydrogens is 418 g/mol. The highest BCUT2D eigenvalue weighted by molar-refractivity contribution is 7.90. The van der Waals surface area contributed by atoms with Gasteiger partial charge in [-0.3, -0.25) is 4.79 Å². The van der Waals surface area contributed by atoms with Crippen LogP contribution in [0.25, 0.3) is 0 Å². The Bertz CT molecular complexity index is 1010. The van der Waals surface area contributed by atoms with Crippen LogP contribution in [0.5, 0.6) is 17.2 Å². The molecule has 0 aliphatic carbocycles. The number of hydrogen-bond acceptors (Lipinski definition) is 6. The molecule has 8 heteroatoms. The minimum absolute atomic E-state index is 0.0361. The van der Waals surface area contributed by atoms with Crippen molar-refractivity contribution in [1.82, 2.24) is 4.90 Å². The molecule has 1 atom stereocenters. The molecule has 1 aliphatic heterocycles. The van der Waals surface area contributed by atoms with Crippen LogP contribution in [0.4, 0.5) is 0 Å². The number of benzene rings is 2. The van der Waals surface area contributed by atoms with Crippen LogP contribution in [0.1, 0.15) is 24.0 Å². The summed E-state index contributed by atoms with van der Waals surface area (Å²) < 4.78 is 40.0. The van der Waals surface area contributed by atoms with Crippen LogP contribution in [0.3, 0.4) is 0 Å². The van der Waals surface area contributed by atoms with Crippen molar-refractivity contribution < 1.29 is 27.4 Å². The summed E-state index contributed by atoms with van der Waals surface area (Å²) in [5, 5.41) is 0. The van der Waals surface area contributed by atoms with Gasteiger partial charge in [0.25, 0.3) is 0 Å². The Labute approximate surface area is 183 Å². The molecule has 7 nitrogen and oxygen atoms in total. The number of nitrogens with zero attached hydrogens (tertiary/aromatic N) is 1. The lowest BCUT2D eigenvalue weighted by molar-refractivity contribution is -0.133. The van der Waals surface area contributed by atoms with Crippen molar-refractivity contribution in [2.75, 3.05) is 39.9 Å². The highest BCUT2D eigenvalue weighted by Gasteiger charge is 2.47. The average molecular weight is 448 g/mol. The largest absolute Gasteiger partial charge is 0.493 e. The van der Waals surface area contributed by atoms with E-state index in [9.17, 15) is 13.2 Å². The quantitative estimate of drug-likeness (QED) is 0.588. The Balaban J connectivity index is 1.92. The number of ether oxygens (including phenoxy) is 3. The fraction of sp³-hybridized carbons (Fsp3) is 0.435. The standard InChI is InChI=1S/C23H29NO6S/c1-28-19-14-17(15-20(29-2)21(19)30-3)16-24-12-10-23(22(24)25,11-13-31(4,26)27)18-8-6-5-7-9-18/h5-9,14-15H,10-13,16H2,1-4H3. The van der Waals surface area contributed by atoms with Gasteiger partial charge in [-0.2, -0.15) is 0 Å². The number of rotatable bonds is 9. The number of carbonyl (C=O) groups excluding carboxylic acids is 1. The first-order chi connectivity index (χ1) is 14.7. The van der Waals surface area contributed by atoms with Crippen molar-refractivity contribution >= 4 is 15.7 Å². The second-order valence-corrected chi connectivity index (χ2v) is 10.1. The van der Waals surface area contributed by atoms with Crippen LogP contribution < -0.4 is 14.2 Å². The SMILES string of the molecule is COc1cc(CN2CCC(CCS(C)(=O)=O)(c3ccccc3)C2=O)cc(OC)c1OC. The Morgan fingerprint density at radius 3 is 2.13 bits per heavy atom. The highest BCUT2D eigenvalue weighted by atomic mass is 32.2. The second kappa shape index (κ2) is 9.18. The number of hydrogen-bond donors (Lipinski definition) is 0. The maximum absolute atomic E-state index is 13.6. The summed E-state index contributed by atoms with van der Waals surface area (Å²) in [6.45, 7) is 0.900. The van der Waals surface area contributed by atoms with E-state index in [4.69, 9.17) is 14.2 Å². The van der Waals surface area contributed by atoms with Gasteiger partial charge in [0.1, 0.15) is 9.84 Å². The van der Waals surface area contributed by atoms with Gasteiger partial charge in [-0.05, 0) is 36.1 Å². The Morgan fingerprint density at radius 2 is 1.61 bits per heavy atom. The van der Waals surface area contributed by atoms with Crippen LogP contribution in [-0.4, -0.2) is 59.1 Å². The smallest absolute Gasteiger partial charge is 0.233 e. The molecule has 168 valence electrons. The van der Waals surface area contributed by atoms with Crippen LogP contribution >= 0.6 is 0 Å². The molecule has 0 saturated carbocycles. The lowest BCUT2D eigenvalue weighted by Crippen LogP contribution is -2.39. The fourth-order valence-electron chi connectivity index (χ4n) is 4.20. The molecule has 1 unspecified atom stereocenters. The van der Waals surface area contributed by atoms with E-state index >= 15 is 0 Å². The molecular formula is C23H29NO6S. The number of likely N-dealkylation sites (tertiary alicyclic amines) is 1. The molecule has 2 aromatic carbocycles. The molecule has 1 heterocycles. The van der Waals surface area contributed by atoms with Gasteiger partial charge in [0.2, 0.25) is 11.7 Å². The van der Waals surface area contributed by atoms with Crippen LogP contribution in [0.15, 0.2) is 42.5 Å². The summed E-state index contributed by atoms with van der Waals surface area (Å²) in [6.07, 6.45) is 2.04. The van der Waals surface area contributed by atoms with Crippen LogP contribution in [-0.2, 0) is 26.6 Å². The minimum Gasteiger partial charge on any atom is -0.493 e. The fourth-order valence-corrected chi connectivity index (χ4v) is 4.92. The third-order valence-corrected chi connectivity index (χ3v) is 6.77. The second-order valence-electron chi connectivity index (χ2n) is 7.84. The van der Waals surface area contributed by atoms with E-state index in [0.29, 0.717) is 36.8 Å². The monoisotopic (exact) mass is 447 g/mol. The summed E-state index contributed by atoms with van der Waals surface area (Å²) in [7, 11) is 1.44. The Kier molecular flexibility index (Phi) is 6.79. The zero-order valence-electron chi connectivity index (χ0n) is 18.4. The molecule has 3 rings (SSSR count). The van der Waals surface area contributed by atoms with Crippen molar-refractivity contribution in [3.8, 4) is 17.2 Å². The van der Waals surface area contributed by atoms with Gasteiger partial charge in [-0.25, -0.2) is 8.42 Å². The van der Waals surface area contributed by atoms with E-state index < -0.39 is 15.3 Å². The molecule has 0 aromatic heterocycles. The van der Waals surface area contributed by atoms with Crippen molar-refractivity contribution in [1.29, 1.82) is 0 Å². The average Bonchev–Trinajstić information content (AvgIpc) is 3.08. The van der Waals surface area contributed by atoms with Gasteiger partial charge in [0, 0.05) is 19.3 Å². The molecule has 1 fully saturated rings. The first kappa shape index (κ1) is 22.9. The maximum Gasteiger partial charge on any atom is 0.233 e. The van der Waals surface area contributed by atoms with Crippen molar-refractivity contribution in [3.05, 3.63) is 53.6 Å². The van der Waals surface area contributed by atoms with Gasteiger partial charge in [0.15, 0.2) is 11.5 Å². The van der Waals surface area contributed by atoms with Gasteiger partial charge in [0.05, 0.1) is 32.5 Å². The van der Waals surface area contributed by atoms with Gasteiger partial charge < -0.3 is 19.1 Å². The van der Waals surface area contributed by atoms with Gasteiger partial charge in [-0.15, -0.1) is 0 Å². The van der Waals surface area contributed by atoms with E-state index in [1.807, 2.05) is 42.5 Å². The predicted octanol–water partition coefficient (Wildman–Crippen LogP) is 2.82. The number of amides is 1. The molecule has 1 amide bonds. The van der Waals surface area contributed by atoms with E-state index in [1.54, 1.807) is 26.2 Å². The van der Waals surface area contributed by atoms with Crippen molar-refractivity contribution in [2.45, 2.75) is 24.8 Å². The molecule has 2 aromatic rings. The molecule has 1 saturated heterocycles. The predicted molar refractivity (Wildman–Crippen MR) is 119 cm³/mol. The normalized spacial score (nSPS) is 18.8. The zero-order chi connectivity index (χ0) is 22.6. The first-order valence-electron chi connectivity index (χ1n) is 10.1. The van der Waals surface area contributed by atoms with E-state index in [1.165, 1.54) is 6.26 Å². The molecule has 0 radical (unpaired) electrons. The summed E-state index contributed by atoms with van der Waals surface area (Å²) in [5.41, 5.74) is 0.858. The Morgan fingerprint density at radius 1 is 1.00 bits per heavy atom. The summed E-state index contributed by atoms with van der Waals surface area (Å²) in [4.78, 5) is 15.4.